The number of rotatable bonds is 4. The number of fused-ring (bicyclic) bond motifs is 5. The number of H-pyrrole nitrogens is 1. The van der Waals surface area contributed by atoms with E-state index in [1.54, 1.807) is 23.8 Å². The Morgan fingerprint density at radius 3 is 2.86 bits per heavy atom. The highest BCUT2D eigenvalue weighted by molar-refractivity contribution is 6.14. The van der Waals surface area contributed by atoms with Crippen molar-refractivity contribution in [1.29, 1.82) is 0 Å². The maximum Gasteiger partial charge on any atom is 0.155 e. The average molecular weight is 488 g/mol. The van der Waals surface area contributed by atoms with Crippen LogP contribution in [0.1, 0.15) is 31.8 Å². The lowest BCUT2D eigenvalue weighted by molar-refractivity contribution is 0.556. The van der Waals surface area contributed by atoms with E-state index in [2.05, 4.69) is 30.6 Å². The summed E-state index contributed by atoms with van der Waals surface area (Å²) in [4.78, 5) is 20.0. The lowest BCUT2D eigenvalue weighted by Crippen LogP contribution is -2.30. The topological polar surface area (TPSA) is 99.1 Å². The van der Waals surface area contributed by atoms with Gasteiger partial charge in [-0.15, -0.1) is 0 Å². The molecule has 2 unspecified atom stereocenters. The molecule has 3 N–H and O–H groups in total. The minimum absolute atomic E-state index is 0.287. The Kier molecular flexibility index (Phi) is 5.67. The average Bonchev–Trinajstić information content (AvgIpc) is 3.65. The molecule has 0 spiro atoms. The molecule has 0 saturated carbocycles. The summed E-state index contributed by atoms with van der Waals surface area (Å²) in [7, 11) is 1.79. The summed E-state index contributed by atoms with van der Waals surface area (Å²) in [6.07, 6.45) is 5.28. The molecule has 36 heavy (non-hydrogen) atoms. The van der Waals surface area contributed by atoms with Crippen molar-refractivity contribution in [1.82, 2.24) is 34.9 Å². The summed E-state index contributed by atoms with van der Waals surface area (Å²) in [5.74, 6) is 1.85. The van der Waals surface area contributed by atoms with E-state index in [0.717, 1.165) is 53.1 Å². The van der Waals surface area contributed by atoms with Crippen LogP contribution in [0.3, 0.4) is 0 Å². The van der Waals surface area contributed by atoms with Gasteiger partial charge in [-0.1, -0.05) is 13.8 Å². The Morgan fingerprint density at radius 2 is 2.06 bits per heavy atom. The van der Waals surface area contributed by atoms with Gasteiger partial charge >= 0.3 is 0 Å². The Bertz CT molecular complexity index is 1510. The zero-order valence-corrected chi connectivity index (χ0v) is 20.7. The number of benzene rings is 1. The standard InChI is InChI=1S/C24H24FN9.C2H6/c1-26-17-8-14(25)7-16-21-23(31-22(16)17)29-19(9-15-10-20-28-4-2-6-34(20)32-15)30-24(21)33-11-13-3-5-27-18(13)12-33;1-2/h2,4,6-8,10,13,18,26-27H,3,5,9,11-12H2,1H3,(H,29,30,31);1-2H3. The van der Waals surface area contributed by atoms with Gasteiger partial charge in [0.05, 0.1) is 28.7 Å². The number of aromatic nitrogens is 6. The molecule has 4 aromatic heterocycles. The third-order valence-electron chi connectivity index (χ3n) is 7.11. The first kappa shape index (κ1) is 22.7. The van der Waals surface area contributed by atoms with Crippen LogP contribution in [0.4, 0.5) is 15.9 Å². The minimum Gasteiger partial charge on any atom is -0.386 e. The lowest BCUT2D eigenvalue weighted by atomic mass is 10.1. The zero-order valence-electron chi connectivity index (χ0n) is 20.7. The van der Waals surface area contributed by atoms with Crippen LogP contribution >= 0.6 is 0 Å². The van der Waals surface area contributed by atoms with Crippen LogP contribution < -0.4 is 15.5 Å². The Hall–Kier alpha value is -3.79. The summed E-state index contributed by atoms with van der Waals surface area (Å²) >= 11 is 0. The molecule has 5 aromatic rings. The zero-order chi connectivity index (χ0) is 24.8. The van der Waals surface area contributed by atoms with Gasteiger partial charge in [-0.25, -0.2) is 23.9 Å². The van der Waals surface area contributed by atoms with E-state index in [9.17, 15) is 4.39 Å². The van der Waals surface area contributed by atoms with E-state index >= 15 is 0 Å². The molecule has 0 aliphatic carbocycles. The lowest BCUT2D eigenvalue weighted by Gasteiger charge is -2.20. The number of anilines is 2. The number of aromatic amines is 1. The molecular weight excluding hydrogens is 457 g/mol. The van der Waals surface area contributed by atoms with Crippen LogP contribution in [-0.2, 0) is 6.42 Å². The third-order valence-corrected chi connectivity index (χ3v) is 7.11. The molecule has 0 bridgehead atoms. The fraction of sp³-hybridized carbons (Fsp3) is 0.385. The largest absolute Gasteiger partial charge is 0.386 e. The highest BCUT2D eigenvalue weighted by Gasteiger charge is 2.37. The molecule has 9 nitrogen and oxygen atoms in total. The molecule has 0 amide bonds. The van der Waals surface area contributed by atoms with E-state index in [4.69, 9.17) is 9.97 Å². The van der Waals surface area contributed by atoms with Gasteiger partial charge in [-0.05, 0) is 37.1 Å². The van der Waals surface area contributed by atoms with Crippen LogP contribution in [0.25, 0.3) is 27.6 Å². The molecule has 10 heteroatoms. The van der Waals surface area contributed by atoms with Gasteiger partial charge in [0.1, 0.15) is 23.1 Å². The fourth-order valence-electron chi connectivity index (χ4n) is 5.54. The molecule has 7 rings (SSSR count). The third kappa shape index (κ3) is 3.72. The molecule has 6 heterocycles. The van der Waals surface area contributed by atoms with Crippen molar-refractivity contribution in [2.75, 3.05) is 36.9 Å². The minimum atomic E-state index is -0.287. The smallest absolute Gasteiger partial charge is 0.155 e. The highest BCUT2D eigenvalue weighted by Crippen LogP contribution is 2.38. The maximum absolute atomic E-state index is 14.5. The highest BCUT2D eigenvalue weighted by atomic mass is 19.1. The Balaban J connectivity index is 0.00000117. The van der Waals surface area contributed by atoms with Gasteiger partial charge < -0.3 is 20.5 Å². The van der Waals surface area contributed by atoms with Crippen molar-refractivity contribution in [2.24, 2.45) is 5.92 Å². The molecule has 186 valence electrons. The predicted molar refractivity (Wildman–Crippen MR) is 140 cm³/mol. The van der Waals surface area contributed by atoms with Crippen molar-refractivity contribution in [3.05, 3.63) is 54.0 Å². The summed E-state index contributed by atoms with van der Waals surface area (Å²) in [6.45, 7) is 6.89. The molecule has 0 radical (unpaired) electrons. The molecule has 1 aromatic carbocycles. The van der Waals surface area contributed by atoms with E-state index in [0.29, 0.717) is 35.5 Å². The monoisotopic (exact) mass is 487 g/mol. The van der Waals surface area contributed by atoms with Crippen LogP contribution in [0.2, 0.25) is 0 Å². The second kappa shape index (κ2) is 9.02. The van der Waals surface area contributed by atoms with E-state index < -0.39 is 0 Å². The Morgan fingerprint density at radius 1 is 1.17 bits per heavy atom. The van der Waals surface area contributed by atoms with E-state index in [1.165, 1.54) is 12.5 Å². The van der Waals surface area contributed by atoms with Gasteiger partial charge in [0, 0.05) is 50.0 Å². The van der Waals surface area contributed by atoms with E-state index in [1.807, 2.05) is 32.2 Å². The maximum atomic E-state index is 14.5. The summed E-state index contributed by atoms with van der Waals surface area (Å²) in [5.41, 5.74) is 3.89. The number of nitrogens with zero attached hydrogens (tertiary/aromatic N) is 6. The molecule has 2 fully saturated rings. The van der Waals surface area contributed by atoms with Crippen LogP contribution in [-0.4, -0.2) is 62.3 Å². The number of nitrogens with one attached hydrogen (secondary N) is 3. The molecule has 2 atom stereocenters. The van der Waals surface area contributed by atoms with Crippen molar-refractivity contribution in [3.8, 4) is 0 Å². The van der Waals surface area contributed by atoms with Gasteiger partial charge in [0.15, 0.2) is 5.65 Å². The number of hydrogen-bond acceptors (Lipinski definition) is 7. The quantitative estimate of drug-likeness (QED) is 0.355. The molecule has 2 saturated heterocycles. The SMILES string of the molecule is CC.CNc1cc(F)cc2c1[nH]c1nc(Cc3cc4ncccn4n3)nc(N3CC4CCNC4C3)c12. The second-order valence-electron chi connectivity index (χ2n) is 9.19. The van der Waals surface area contributed by atoms with Crippen LogP contribution in [0, 0.1) is 11.7 Å². The van der Waals surface area contributed by atoms with Crippen molar-refractivity contribution < 1.29 is 4.39 Å². The van der Waals surface area contributed by atoms with Crippen LogP contribution in [0.15, 0.2) is 36.7 Å². The molecular formula is C26H30FN9. The normalized spacial score (nSPS) is 19.2. The summed E-state index contributed by atoms with van der Waals surface area (Å²) in [6, 6.07) is 7.35. The number of halogens is 1. The first-order chi connectivity index (χ1) is 17.7. The van der Waals surface area contributed by atoms with Crippen molar-refractivity contribution >= 4 is 39.1 Å². The summed E-state index contributed by atoms with van der Waals surface area (Å²) < 4.78 is 16.3. The Labute approximate surface area is 208 Å². The van der Waals surface area contributed by atoms with Gasteiger partial charge in [0.2, 0.25) is 0 Å². The summed E-state index contributed by atoms with van der Waals surface area (Å²) in [5, 5.41) is 13.0. The van der Waals surface area contributed by atoms with Crippen molar-refractivity contribution in [3.63, 3.8) is 0 Å². The van der Waals surface area contributed by atoms with Gasteiger partial charge in [-0.2, -0.15) is 5.10 Å². The molecule has 2 aliphatic heterocycles. The van der Waals surface area contributed by atoms with Crippen LogP contribution in [0.5, 0.6) is 0 Å². The first-order valence-corrected chi connectivity index (χ1v) is 12.6. The second-order valence-corrected chi connectivity index (χ2v) is 9.19. The first-order valence-electron chi connectivity index (χ1n) is 12.6. The number of hydrogen-bond donors (Lipinski definition) is 3. The van der Waals surface area contributed by atoms with Crippen molar-refractivity contribution in [2.45, 2.75) is 32.7 Å². The van der Waals surface area contributed by atoms with Gasteiger partial charge in [0.25, 0.3) is 0 Å². The fourth-order valence-corrected chi connectivity index (χ4v) is 5.54. The van der Waals surface area contributed by atoms with Gasteiger partial charge in [-0.3, -0.25) is 0 Å². The van der Waals surface area contributed by atoms with E-state index in [-0.39, 0.29) is 5.82 Å². The predicted octanol–water partition coefficient (Wildman–Crippen LogP) is 3.75. The molecule has 2 aliphatic rings.